The summed E-state index contributed by atoms with van der Waals surface area (Å²) in [5.41, 5.74) is 6.80. The van der Waals surface area contributed by atoms with Crippen molar-refractivity contribution in [3.8, 4) is 0 Å². The second-order valence-corrected chi connectivity index (χ2v) is 19.3. The van der Waals surface area contributed by atoms with Gasteiger partial charge in [0.2, 0.25) is 0 Å². The molecule has 0 atom stereocenters. The molecule has 4 aromatic rings. The smallest absolute Gasteiger partial charge is 0.850 e. The van der Waals surface area contributed by atoms with Crippen molar-refractivity contribution in [1.29, 1.82) is 0 Å². The summed E-state index contributed by atoms with van der Waals surface area (Å²) in [5, 5.41) is 21.2. The first-order valence-electron chi connectivity index (χ1n) is 18.3. The van der Waals surface area contributed by atoms with E-state index in [9.17, 15) is 31.8 Å². The maximum atomic E-state index is 13.3. The number of carbonyl (C=O) groups excluding carboxylic acids is 1. The number of carbonyl (C=O) groups is 1. The zero-order valence-corrected chi connectivity index (χ0v) is 43.1. The summed E-state index contributed by atoms with van der Waals surface area (Å²) in [5.74, 6) is -1.46. The topological polar surface area (TPSA) is 189 Å². The van der Waals surface area contributed by atoms with Gasteiger partial charge in [0.25, 0.3) is 0 Å². The van der Waals surface area contributed by atoms with Gasteiger partial charge >= 0.3 is 57.4 Å². The number of alkyl halides is 1. The van der Waals surface area contributed by atoms with Crippen LogP contribution in [0.1, 0.15) is 120 Å². The number of fused-ring (bicyclic) bond motifs is 1. The first-order valence-corrected chi connectivity index (χ1v) is 23.7. The third kappa shape index (κ3) is 13.7. The molecule has 0 unspecified atom stereocenters. The maximum Gasteiger partial charge on any atom is 1.00 e. The molecule has 2 aromatic heterocycles. The number of rotatable bonds is 8. The molecule has 0 radical (unpaired) electrons. The Morgan fingerprint density at radius 2 is 1.28 bits per heavy atom. The number of aliphatic hydroxyl groups excluding tert-OH is 1. The molecular formula is C42H56IKN4O8S2. The third-order valence-corrected chi connectivity index (χ3v) is 13.1. The monoisotopic (exact) mass is 974 g/mol. The van der Waals surface area contributed by atoms with Crippen LogP contribution in [0.5, 0.6) is 0 Å². The normalized spacial score (nSPS) is 13.8. The third-order valence-electron chi connectivity index (χ3n) is 9.21. The molecule has 0 saturated carbocycles. The molecule has 0 aliphatic carbocycles. The largest absolute Gasteiger partial charge is 1.00 e. The van der Waals surface area contributed by atoms with E-state index in [-0.39, 0.29) is 103 Å². The van der Waals surface area contributed by atoms with Gasteiger partial charge in [0.15, 0.2) is 31.1 Å². The molecule has 312 valence electrons. The van der Waals surface area contributed by atoms with E-state index in [0.717, 1.165) is 38.9 Å². The summed E-state index contributed by atoms with van der Waals surface area (Å²) in [4.78, 5) is 30.2. The predicted octanol–water partition coefficient (Wildman–Crippen LogP) is 4.73. The van der Waals surface area contributed by atoms with E-state index in [1.807, 2.05) is 77.7 Å². The zero-order chi connectivity index (χ0) is 43.7. The summed E-state index contributed by atoms with van der Waals surface area (Å²) in [6.07, 6.45) is 6.33. The molecule has 16 heteroatoms. The number of hydrogen-bond acceptors (Lipinski definition) is 12. The van der Waals surface area contributed by atoms with Gasteiger partial charge in [-0.3, -0.25) is 9.97 Å². The Hall–Kier alpha value is -2.16. The van der Waals surface area contributed by atoms with Crippen LogP contribution in [0.3, 0.4) is 0 Å². The minimum Gasteiger partial charge on any atom is -0.850 e. The van der Waals surface area contributed by atoms with E-state index in [0.29, 0.717) is 12.0 Å². The quantitative estimate of drug-likeness (QED) is 0.111. The SMILES string of the molecule is CCC(C)(C)[O-].CCOC(=O)c1nccnc1CS(=O)(=O)Cc1c(C)cc(C)cc1C.CI.Cc1cc(C)c(C2=C(O)c3nccnc3C(C)(C)S2(=O)=O)c(C)c1.[K+]. The van der Waals surface area contributed by atoms with Gasteiger partial charge in [-0.05, 0) is 95.1 Å². The molecule has 5 rings (SSSR count). The van der Waals surface area contributed by atoms with Gasteiger partial charge in [0.05, 0.1) is 29.5 Å². The van der Waals surface area contributed by atoms with Crippen LogP contribution in [0.15, 0.2) is 49.1 Å². The second kappa shape index (κ2) is 22.6. The number of hydrogen-bond donors (Lipinski definition) is 1. The standard InChI is InChI=1S/C18H22N2O4S.C18H20N2O3S.C5H11O.CH3I.K/c1-5-24-18(21)17-16(19-6-7-20-17)11-25(22,23)10-15-13(3)8-12(2)9-14(15)4;1-10-8-11(2)13(12(3)9-10)16-15(21)14-17(20-7-6-19-14)18(4,5)24(16,22)23;1-4-5(2,3)6;1-2;/h6-9H,5,10-11H2,1-4H3;6-9,21H,1-5H3;4H2,1-3H3;1H3;/q;;-1;;+1. The van der Waals surface area contributed by atoms with E-state index < -0.39 is 36.0 Å². The molecule has 2 aromatic carbocycles. The van der Waals surface area contributed by atoms with Gasteiger partial charge in [-0.2, -0.15) is 0 Å². The fourth-order valence-electron chi connectivity index (χ4n) is 6.12. The first kappa shape index (κ1) is 53.9. The number of nitrogens with zero attached hydrogens (tertiary/aromatic N) is 4. The van der Waals surface area contributed by atoms with E-state index in [1.165, 1.54) is 24.8 Å². The molecule has 58 heavy (non-hydrogen) atoms. The Labute approximate surface area is 401 Å². The van der Waals surface area contributed by atoms with Crippen LogP contribution in [-0.4, -0.2) is 65.0 Å². The predicted molar refractivity (Wildman–Crippen MR) is 233 cm³/mol. The second-order valence-electron chi connectivity index (χ2n) is 14.8. The Morgan fingerprint density at radius 1 is 0.828 bits per heavy atom. The van der Waals surface area contributed by atoms with Crippen molar-refractivity contribution in [2.24, 2.45) is 0 Å². The molecule has 3 heterocycles. The molecule has 1 N–H and O–H groups in total. The van der Waals surface area contributed by atoms with Gasteiger partial charge in [0.1, 0.15) is 15.3 Å². The van der Waals surface area contributed by atoms with Gasteiger partial charge in [-0.25, -0.2) is 31.6 Å². The van der Waals surface area contributed by atoms with Gasteiger partial charge in [0, 0.05) is 30.4 Å². The number of benzene rings is 2. The Balaban J connectivity index is 0.000000483. The van der Waals surface area contributed by atoms with E-state index in [1.54, 1.807) is 34.6 Å². The van der Waals surface area contributed by atoms with Crippen LogP contribution in [-0.2, 0) is 40.7 Å². The number of esters is 1. The number of sulfone groups is 2. The molecule has 1 aliphatic heterocycles. The van der Waals surface area contributed by atoms with Crippen LogP contribution in [0.2, 0.25) is 0 Å². The molecule has 0 bridgehead atoms. The summed E-state index contributed by atoms with van der Waals surface area (Å²) < 4.78 is 55.6. The summed E-state index contributed by atoms with van der Waals surface area (Å²) >= 11 is 2.15. The summed E-state index contributed by atoms with van der Waals surface area (Å²) in [6, 6.07) is 7.75. The van der Waals surface area contributed by atoms with Gasteiger partial charge in [-0.15, -0.1) is 5.60 Å². The first-order chi connectivity index (χ1) is 26.4. The molecule has 1 aliphatic rings. The van der Waals surface area contributed by atoms with Crippen LogP contribution in [0.4, 0.5) is 0 Å². The molecule has 0 spiro atoms. The minimum absolute atomic E-state index is 0. The van der Waals surface area contributed by atoms with Crippen molar-refractivity contribution in [2.45, 2.75) is 111 Å². The number of aryl methyl sites for hydroxylation is 6. The molecule has 0 amide bonds. The fourth-order valence-corrected chi connectivity index (χ4v) is 9.60. The minimum atomic E-state index is -3.85. The van der Waals surface area contributed by atoms with Gasteiger partial charge < -0.3 is 14.9 Å². The average Bonchev–Trinajstić information content (AvgIpc) is 3.11. The van der Waals surface area contributed by atoms with Gasteiger partial charge in [-0.1, -0.05) is 85.2 Å². The van der Waals surface area contributed by atoms with Crippen LogP contribution in [0.25, 0.3) is 10.7 Å². The summed E-state index contributed by atoms with van der Waals surface area (Å²) in [7, 11) is -7.37. The average molecular weight is 975 g/mol. The Kier molecular flexibility index (Phi) is 21.0. The Bertz CT molecular complexity index is 2280. The summed E-state index contributed by atoms with van der Waals surface area (Å²) in [6.45, 7) is 21.8. The van der Waals surface area contributed by atoms with Crippen molar-refractivity contribution < 1.29 is 88.0 Å². The number of ether oxygens (including phenoxy) is 1. The molecule has 0 fully saturated rings. The van der Waals surface area contributed by atoms with Crippen LogP contribution in [0, 0.1) is 41.5 Å². The van der Waals surface area contributed by atoms with Crippen molar-refractivity contribution >= 4 is 58.9 Å². The van der Waals surface area contributed by atoms with E-state index in [4.69, 9.17) is 4.74 Å². The van der Waals surface area contributed by atoms with Crippen molar-refractivity contribution in [3.05, 3.63) is 116 Å². The molecular weight excluding hydrogens is 919 g/mol. The number of halogens is 1. The van der Waals surface area contributed by atoms with Crippen LogP contribution >= 0.6 is 22.6 Å². The van der Waals surface area contributed by atoms with Crippen LogP contribution < -0.4 is 56.5 Å². The Morgan fingerprint density at radius 3 is 1.76 bits per heavy atom. The zero-order valence-electron chi connectivity index (χ0n) is 36.2. The van der Waals surface area contributed by atoms with Crippen molar-refractivity contribution in [1.82, 2.24) is 19.9 Å². The molecule has 12 nitrogen and oxygen atoms in total. The molecule has 0 saturated heterocycles. The maximum absolute atomic E-state index is 13.3. The number of aromatic nitrogens is 4. The van der Waals surface area contributed by atoms with Crippen molar-refractivity contribution in [3.63, 3.8) is 0 Å². The fraction of sp³-hybridized carbons (Fsp3) is 0.452. The van der Waals surface area contributed by atoms with Crippen molar-refractivity contribution in [2.75, 3.05) is 11.5 Å². The van der Waals surface area contributed by atoms with E-state index >= 15 is 0 Å². The van der Waals surface area contributed by atoms with E-state index in [2.05, 4.69) is 42.5 Å². The number of aliphatic hydroxyl groups is 1.